The van der Waals surface area contributed by atoms with Crippen molar-refractivity contribution in [3.63, 3.8) is 0 Å². The molecule has 1 aromatic carbocycles. The molecule has 0 atom stereocenters. The Bertz CT molecular complexity index is 526. The molecule has 0 fully saturated rings. The molecule has 3 heteroatoms. The highest BCUT2D eigenvalue weighted by molar-refractivity contribution is 5.92. The Morgan fingerprint density at radius 1 is 1.22 bits per heavy atom. The number of ether oxygens (including phenoxy) is 1. The first-order valence-electron chi connectivity index (χ1n) is 5.88. The van der Waals surface area contributed by atoms with Gasteiger partial charge >= 0.3 is 0 Å². The molecular formula is C15H16O3. The van der Waals surface area contributed by atoms with Crippen molar-refractivity contribution in [2.24, 2.45) is 0 Å². The van der Waals surface area contributed by atoms with E-state index < -0.39 is 0 Å². The van der Waals surface area contributed by atoms with E-state index in [0.717, 1.165) is 11.1 Å². The Balaban J connectivity index is 1.91. The number of ketones is 1. The van der Waals surface area contributed by atoms with E-state index in [-0.39, 0.29) is 5.78 Å². The number of hydrogen-bond donors (Lipinski definition) is 0. The van der Waals surface area contributed by atoms with Gasteiger partial charge in [0.25, 0.3) is 0 Å². The lowest BCUT2D eigenvalue weighted by Crippen LogP contribution is -1.93. The molecule has 0 aliphatic heterocycles. The second-order valence-corrected chi connectivity index (χ2v) is 4.26. The molecule has 0 spiro atoms. The number of carbonyl (C=O) groups is 1. The van der Waals surface area contributed by atoms with Crippen molar-refractivity contribution >= 4 is 5.78 Å². The number of hydrogen-bond acceptors (Lipinski definition) is 3. The zero-order chi connectivity index (χ0) is 13.0. The number of Topliss-reactive ketones (excluding diaryl/α,β-unsaturated/α-hetero) is 1. The summed E-state index contributed by atoms with van der Waals surface area (Å²) in [6.45, 7) is 4.28. The third kappa shape index (κ3) is 3.08. The standard InChI is InChI=1S/C15H16O3/c1-11-8-14(18-15(11)12(2)16)10-17-9-13-6-4-3-5-7-13/h3-8H,9-10H2,1-2H3. The van der Waals surface area contributed by atoms with Crippen LogP contribution in [0.1, 0.15) is 34.4 Å². The zero-order valence-corrected chi connectivity index (χ0v) is 10.6. The fourth-order valence-electron chi connectivity index (χ4n) is 1.81. The maximum atomic E-state index is 11.2. The summed E-state index contributed by atoms with van der Waals surface area (Å²) in [4.78, 5) is 11.2. The van der Waals surface area contributed by atoms with E-state index in [2.05, 4.69) is 0 Å². The molecule has 1 aromatic heterocycles. The minimum absolute atomic E-state index is 0.0539. The number of furan rings is 1. The largest absolute Gasteiger partial charge is 0.455 e. The Hall–Kier alpha value is -1.87. The van der Waals surface area contributed by atoms with Gasteiger partial charge in [-0.25, -0.2) is 0 Å². The lowest BCUT2D eigenvalue weighted by Gasteiger charge is -2.01. The fourth-order valence-corrected chi connectivity index (χ4v) is 1.81. The van der Waals surface area contributed by atoms with Crippen LogP contribution < -0.4 is 0 Å². The summed E-state index contributed by atoms with van der Waals surface area (Å²) < 4.78 is 11.0. The van der Waals surface area contributed by atoms with Gasteiger partial charge in [0.1, 0.15) is 12.4 Å². The molecule has 0 N–H and O–H groups in total. The summed E-state index contributed by atoms with van der Waals surface area (Å²) in [6.07, 6.45) is 0. The number of carbonyl (C=O) groups excluding carboxylic acids is 1. The first-order chi connectivity index (χ1) is 8.66. The molecule has 94 valence electrons. The average molecular weight is 244 g/mol. The lowest BCUT2D eigenvalue weighted by atomic mass is 10.2. The van der Waals surface area contributed by atoms with Crippen LogP contribution >= 0.6 is 0 Å². The molecule has 0 saturated heterocycles. The average Bonchev–Trinajstić information content (AvgIpc) is 2.72. The molecule has 0 bridgehead atoms. The molecule has 1 heterocycles. The molecule has 2 aromatic rings. The van der Waals surface area contributed by atoms with Gasteiger partial charge < -0.3 is 9.15 Å². The Morgan fingerprint density at radius 2 is 1.94 bits per heavy atom. The summed E-state index contributed by atoms with van der Waals surface area (Å²) in [6, 6.07) is 11.8. The second kappa shape index (κ2) is 5.65. The van der Waals surface area contributed by atoms with Crippen LogP contribution in [0, 0.1) is 6.92 Å². The van der Waals surface area contributed by atoms with Crippen LogP contribution in [0.2, 0.25) is 0 Å². The van der Waals surface area contributed by atoms with E-state index in [0.29, 0.717) is 24.7 Å². The topological polar surface area (TPSA) is 39.4 Å². The van der Waals surface area contributed by atoms with Crippen molar-refractivity contribution < 1.29 is 13.9 Å². The lowest BCUT2D eigenvalue weighted by molar-refractivity contribution is 0.0883. The van der Waals surface area contributed by atoms with Gasteiger partial charge in [-0.05, 0) is 24.1 Å². The molecule has 18 heavy (non-hydrogen) atoms. The van der Waals surface area contributed by atoms with Crippen LogP contribution in [0.4, 0.5) is 0 Å². The number of aryl methyl sites for hydroxylation is 1. The van der Waals surface area contributed by atoms with Gasteiger partial charge in [0.2, 0.25) is 0 Å². The third-order valence-corrected chi connectivity index (χ3v) is 2.64. The van der Waals surface area contributed by atoms with Gasteiger partial charge in [-0.1, -0.05) is 30.3 Å². The van der Waals surface area contributed by atoms with Crippen molar-refractivity contribution in [1.82, 2.24) is 0 Å². The van der Waals surface area contributed by atoms with Gasteiger partial charge in [-0.15, -0.1) is 0 Å². The van der Waals surface area contributed by atoms with Crippen LogP contribution in [0.25, 0.3) is 0 Å². The number of rotatable bonds is 5. The smallest absolute Gasteiger partial charge is 0.195 e. The zero-order valence-electron chi connectivity index (χ0n) is 10.6. The van der Waals surface area contributed by atoms with Crippen molar-refractivity contribution in [3.05, 3.63) is 59.0 Å². The van der Waals surface area contributed by atoms with Gasteiger partial charge in [0.15, 0.2) is 11.5 Å². The molecule has 0 saturated carbocycles. The van der Waals surface area contributed by atoms with Gasteiger partial charge in [-0.2, -0.15) is 0 Å². The van der Waals surface area contributed by atoms with Crippen LogP contribution in [0.3, 0.4) is 0 Å². The molecule has 0 radical (unpaired) electrons. The highest BCUT2D eigenvalue weighted by Crippen LogP contribution is 2.16. The predicted octanol–water partition coefficient (Wildman–Crippen LogP) is 3.51. The van der Waals surface area contributed by atoms with E-state index in [4.69, 9.17) is 9.15 Å². The van der Waals surface area contributed by atoms with Crippen LogP contribution in [0.5, 0.6) is 0 Å². The first-order valence-corrected chi connectivity index (χ1v) is 5.88. The minimum atomic E-state index is -0.0539. The van der Waals surface area contributed by atoms with E-state index in [9.17, 15) is 4.79 Å². The quantitative estimate of drug-likeness (QED) is 0.755. The highest BCUT2D eigenvalue weighted by atomic mass is 16.5. The van der Waals surface area contributed by atoms with Crippen LogP contribution in [-0.2, 0) is 18.0 Å². The van der Waals surface area contributed by atoms with E-state index in [1.54, 1.807) is 0 Å². The molecule has 0 unspecified atom stereocenters. The van der Waals surface area contributed by atoms with E-state index >= 15 is 0 Å². The van der Waals surface area contributed by atoms with Gasteiger partial charge in [0.05, 0.1) is 6.61 Å². The molecule has 0 amide bonds. The molecule has 0 aliphatic rings. The van der Waals surface area contributed by atoms with Crippen LogP contribution in [0.15, 0.2) is 40.8 Å². The monoisotopic (exact) mass is 244 g/mol. The van der Waals surface area contributed by atoms with Crippen molar-refractivity contribution in [3.8, 4) is 0 Å². The van der Waals surface area contributed by atoms with E-state index in [1.807, 2.05) is 43.3 Å². The van der Waals surface area contributed by atoms with Crippen molar-refractivity contribution in [2.75, 3.05) is 0 Å². The van der Waals surface area contributed by atoms with Crippen molar-refractivity contribution in [1.29, 1.82) is 0 Å². The van der Waals surface area contributed by atoms with E-state index in [1.165, 1.54) is 6.92 Å². The molecule has 2 rings (SSSR count). The Kier molecular flexibility index (Phi) is 3.95. The Morgan fingerprint density at radius 3 is 2.56 bits per heavy atom. The SMILES string of the molecule is CC(=O)c1oc(COCc2ccccc2)cc1C. The summed E-state index contributed by atoms with van der Waals surface area (Å²) >= 11 is 0. The Labute approximate surface area is 106 Å². The third-order valence-electron chi connectivity index (χ3n) is 2.64. The maximum absolute atomic E-state index is 11.2. The summed E-state index contributed by atoms with van der Waals surface area (Å²) in [5, 5.41) is 0. The van der Waals surface area contributed by atoms with Crippen LogP contribution in [-0.4, -0.2) is 5.78 Å². The summed E-state index contributed by atoms with van der Waals surface area (Å²) in [7, 11) is 0. The highest BCUT2D eigenvalue weighted by Gasteiger charge is 2.11. The summed E-state index contributed by atoms with van der Waals surface area (Å²) in [5.74, 6) is 1.06. The summed E-state index contributed by atoms with van der Waals surface area (Å²) in [5.41, 5.74) is 1.98. The van der Waals surface area contributed by atoms with Crippen molar-refractivity contribution in [2.45, 2.75) is 27.1 Å². The molecule has 3 nitrogen and oxygen atoms in total. The molecular weight excluding hydrogens is 228 g/mol. The minimum Gasteiger partial charge on any atom is -0.455 e. The predicted molar refractivity (Wildman–Crippen MR) is 68.4 cm³/mol. The second-order valence-electron chi connectivity index (χ2n) is 4.26. The number of benzene rings is 1. The first kappa shape index (κ1) is 12.6. The van der Waals surface area contributed by atoms with Gasteiger partial charge in [-0.3, -0.25) is 4.79 Å². The fraction of sp³-hybridized carbons (Fsp3) is 0.267. The maximum Gasteiger partial charge on any atom is 0.195 e. The van der Waals surface area contributed by atoms with Gasteiger partial charge in [0, 0.05) is 6.92 Å². The molecule has 0 aliphatic carbocycles. The normalized spacial score (nSPS) is 10.6.